The topological polar surface area (TPSA) is 63.6 Å². The molecule has 1 unspecified atom stereocenters. The summed E-state index contributed by atoms with van der Waals surface area (Å²) in [5, 5.41) is 1.52. The third-order valence-corrected chi connectivity index (χ3v) is 8.81. The van der Waals surface area contributed by atoms with Gasteiger partial charge in [-0.25, -0.2) is 4.21 Å². The molecule has 0 radical (unpaired) electrons. The van der Waals surface area contributed by atoms with Crippen LogP contribution in [0, 0.1) is 12.8 Å². The van der Waals surface area contributed by atoms with E-state index in [1.807, 2.05) is 19.1 Å². The molecular weight excluding hydrogens is 378 g/mol. The summed E-state index contributed by atoms with van der Waals surface area (Å²) >= 11 is 0. The molecule has 2 aromatic rings. The lowest BCUT2D eigenvalue weighted by Crippen LogP contribution is -2.07. The lowest BCUT2D eigenvalue weighted by atomic mass is 9.90. The van der Waals surface area contributed by atoms with Crippen molar-refractivity contribution in [3.05, 3.63) is 71.6 Å². The highest BCUT2D eigenvalue weighted by molar-refractivity contribution is 8.05. The number of benzene rings is 2. The summed E-state index contributed by atoms with van der Waals surface area (Å²) < 4.78 is 43.2. The molecule has 6 heteroatoms. The van der Waals surface area contributed by atoms with Crippen LogP contribution in [0.5, 0.6) is 0 Å². The fourth-order valence-corrected chi connectivity index (χ4v) is 6.88. The van der Waals surface area contributed by atoms with Crippen LogP contribution < -0.4 is 0 Å². The van der Waals surface area contributed by atoms with Gasteiger partial charge in [0.2, 0.25) is 0 Å². The predicted molar refractivity (Wildman–Crippen MR) is 109 cm³/mol. The molecule has 1 saturated carbocycles. The van der Waals surface area contributed by atoms with E-state index >= 15 is 0 Å². The zero-order valence-electron chi connectivity index (χ0n) is 15.5. The summed E-state index contributed by atoms with van der Waals surface area (Å²) in [4.78, 5) is 0.468. The van der Waals surface area contributed by atoms with Crippen LogP contribution in [-0.4, -0.2) is 12.6 Å². The average Bonchev–Trinajstić information content (AvgIpc) is 2.68. The molecule has 0 bridgehead atoms. The van der Waals surface area contributed by atoms with Crippen LogP contribution >= 0.6 is 0 Å². The molecule has 1 fully saturated rings. The van der Waals surface area contributed by atoms with Crippen molar-refractivity contribution in [2.24, 2.45) is 9.69 Å². The van der Waals surface area contributed by atoms with Crippen molar-refractivity contribution in [3.63, 3.8) is 0 Å². The minimum absolute atomic E-state index is 0.0582. The third-order valence-electron chi connectivity index (χ3n) is 4.79. The molecule has 4 nitrogen and oxygen atoms in total. The highest BCUT2D eigenvalue weighted by Gasteiger charge is 2.20. The Bertz CT molecular complexity index is 1010. The Labute approximate surface area is 162 Å². The Balaban J connectivity index is 2.06. The van der Waals surface area contributed by atoms with Crippen LogP contribution in [0.3, 0.4) is 0 Å². The molecule has 1 aliphatic rings. The maximum absolute atomic E-state index is 13.7. The monoisotopic (exact) mass is 403 g/mol. The molecule has 144 valence electrons. The predicted octanol–water partition coefficient (Wildman–Crippen LogP) is 5.30. The summed E-state index contributed by atoms with van der Waals surface area (Å²) in [5.74, 6) is 0.334. The number of allylic oxidation sites excluding steroid dienone is 1. The zero-order valence-corrected chi connectivity index (χ0v) is 17.1. The number of sulfonamides is 1. The fourth-order valence-electron chi connectivity index (χ4n) is 3.21. The van der Waals surface area contributed by atoms with E-state index in [9.17, 15) is 12.6 Å². The summed E-state index contributed by atoms with van der Waals surface area (Å²) in [7, 11) is -7.26. The van der Waals surface area contributed by atoms with Gasteiger partial charge >= 0.3 is 0 Å². The smallest absolute Gasteiger partial charge is 0.239 e. The minimum Gasteiger partial charge on any atom is -0.239 e. The normalized spacial score (nSPS) is 18.3. The number of nitrogens with zero attached hydrogens (tertiary/aromatic N) is 1. The van der Waals surface area contributed by atoms with Crippen molar-refractivity contribution in [1.82, 2.24) is 0 Å². The van der Waals surface area contributed by atoms with Crippen LogP contribution in [-0.2, 0) is 19.8 Å². The van der Waals surface area contributed by atoms with Gasteiger partial charge in [0.05, 0.1) is 9.79 Å². The van der Waals surface area contributed by atoms with E-state index in [0.717, 1.165) is 31.2 Å². The molecule has 0 heterocycles. The van der Waals surface area contributed by atoms with Crippen molar-refractivity contribution in [1.29, 1.82) is 0 Å². The van der Waals surface area contributed by atoms with E-state index in [1.165, 1.54) is 24.0 Å². The first-order chi connectivity index (χ1) is 12.9. The summed E-state index contributed by atoms with van der Waals surface area (Å²) in [6, 6.07) is 15.1. The van der Waals surface area contributed by atoms with Crippen molar-refractivity contribution < 1.29 is 12.6 Å². The van der Waals surface area contributed by atoms with Crippen molar-refractivity contribution in [2.45, 2.75) is 48.8 Å². The molecule has 0 N–H and O–H groups in total. The fraction of sp³-hybridized carbons (Fsp3) is 0.333. The number of hydrogen-bond acceptors (Lipinski definition) is 3. The molecule has 0 amide bonds. The standard InChI is InChI=1S/C21H25NO3S2/c1-18-12-14-21(15-13-18)27(24,25)22-26(23,20-10-6-3-7-11-20)17-16-19-8-4-2-5-9-19/h3,6-7,10-17,19H,2,4-5,8-9H2,1H3/b17-16+. The van der Waals surface area contributed by atoms with E-state index in [0.29, 0.717) is 10.8 Å². The second kappa shape index (κ2) is 8.40. The number of aryl methyl sites for hydroxylation is 1. The van der Waals surface area contributed by atoms with Gasteiger partial charge in [-0.2, -0.15) is 8.42 Å². The van der Waals surface area contributed by atoms with Gasteiger partial charge < -0.3 is 0 Å². The van der Waals surface area contributed by atoms with Crippen molar-refractivity contribution >= 4 is 19.8 Å². The second-order valence-corrected chi connectivity index (χ2v) is 10.9. The Kier molecular flexibility index (Phi) is 6.17. The SMILES string of the molecule is Cc1ccc(S(=O)(=O)N=S(=O)(/C=C/C2CCCCC2)c2ccccc2)cc1. The first-order valence-electron chi connectivity index (χ1n) is 9.22. The molecule has 3 rings (SSSR count). The van der Waals surface area contributed by atoms with E-state index < -0.39 is 19.8 Å². The molecule has 1 aliphatic carbocycles. The summed E-state index contributed by atoms with van der Waals surface area (Å²) in [5.41, 5.74) is 0.954. The van der Waals surface area contributed by atoms with Gasteiger partial charge in [-0.3, -0.25) is 0 Å². The molecule has 0 aliphatic heterocycles. The Morgan fingerprint density at radius 1 is 0.852 bits per heavy atom. The molecule has 27 heavy (non-hydrogen) atoms. The zero-order chi connectivity index (χ0) is 19.3. The summed E-state index contributed by atoms with van der Waals surface area (Å²) in [6.45, 7) is 1.88. The molecule has 2 aromatic carbocycles. The lowest BCUT2D eigenvalue weighted by Gasteiger charge is -2.18. The molecule has 0 spiro atoms. The van der Waals surface area contributed by atoms with Crippen LogP contribution in [0.1, 0.15) is 37.7 Å². The Hall–Kier alpha value is -1.92. The van der Waals surface area contributed by atoms with E-state index in [4.69, 9.17) is 0 Å². The van der Waals surface area contributed by atoms with Gasteiger partial charge in [0.25, 0.3) is 10.0 Å². The average molecular weight is 404 g/mol. The highest BCUT2D eigenvalue weighted by atomic mass is 32.3. The largest absolute Gasteiger partial charge is 0.290 e. The van der Waals surface area contributed by atoms with Crippen LogP contribution in [0.25, 0.3) is 0 Å². The van der Waals surface area contributed by atoms with E-state index in [2.05, 4.69) is 3.77 Å². The van der Waals surface area contributed by atoms with Crippen LogP contribution in [0.2, 0.25) is 0 Å². The second-order valence-electron chi connectivity index (χ2n) is 6.97. The van der Waals surface area contributed by atoms with E-state index in [-0.39, 0.29) is 4.90 Å². The minimum atomic E-state index is -4.04. The molecule has 1 atom stereocenters. The highest BCUT2D eigenvalue weighted by Crippen LogP contribution is 2.27. The lowest BCUT2D eigenvalue weighted by molar-refractivity contribution is 0.419. The first kappa shape index (κ1) is 19.8. The quantitative estimate of drug-likeness (QED) is 0.680. The molecule has 0 aromatic heterocycles. The first-order valence-corrected chi connectivity index (χ1v) is 12.2. The van der Waals surface area contributed by atoms with Gasteiger partial charge in [-0.1, -0.05) is 65.0 Å². The maximum atomic E-state index is 13.7. The third kappa shape index (κ3) is 5.08. The van der Waals surface area contributed by atoms with Crippen LogP contribution in [0.15, 0.2) is 79.6 Å². The van der Waals surface area contributed by atoms with Gasteiger partial charge in [-0.05, 0) is 49.9 Å². The number of rotatable bonds is 5. The summed E-state index contributed by atoms with van der Waals surface area (Å²) in [6.07, 6.45) is 7.53. The molecule has 0 saturated heterocycles. The van der Waals surface area contributed by atoms with Gasteiger partial charge in [0, 0.05) is 5.41 Å². The van der Waals surface area contributed by atoms with Crippen molar-refractivity contribution in [2.75, 3.05) is 0 Å². The van der Waals surface area contributed by atoms with Crippen LogP contribution in [0.4, 0.5) is 0 Å². The Morgan fingerprint density at radius 3 is 2.11 bits per heavy atom. The van der Waals surface area contributed by atoms with Gasteiger partial charge in [0.1, 0.15) is 9.73 Å². The van der Waals surface area contributed by atoms with Gasteiger partial charge in [0.15, 0.2) is 0 Å². The van der Waals surface area contributed by atoms with Gasteiger partial charge in [-0.15, -0.1) is 0 Å². The molecular formula is C21H25NO3S2. The Morgan fingerprint density at radius 2 is 1.48 bits per heavy atom. The van der Waals surface area contributed by atoms with Crippen molar-refractivity contribution in [3.8, 4) is 0 Å². The number of hydrogen-bond donors (Lipinski definition) is 0. The maximum Gasteiger partial charge on any atom is 0.290 e. The van der Waals surface area contributed by atoms with E-state index in [1.54, 1.807) is 36.4 Å².